The van der Waals surface area contributed by atoms with Gasteiger partial charge >= 0.3 is 0 Å². The van der Waals surface area contributed by atoms with Crippen molar-refractivity contribution in [3.63, 3.8) is 0 Å². The highest BCUT2D eigenvalue weighted by atomic mass is 16.5. The Balaban J connectivity index is 1.85. The lowest BCUT2D eigenvalue weighted by Gasteiger charge is -2.10. The number of hydrogen-bond acceptors (Lipinski definition) is 4. The fourth-order valence-corrected chi connectivity index (χ4v) is 2.53. The molecule has 2 aromatic rings. The summed E-state index contributed by atoms with van der Waals surface area (Å²) in [5.74, 6) is -0.992. The number of rotatable bonds is 4. The summed E-state index contributed by atoms with van der Waals surface area (Å²) in [4.78, 5) is 24.5. The highest BCUT2D eigenvalue weighted by molar-refractivity contribution is 6.24. The summed E-state index contributed by atoms with van der Waals surface area (Å²) in [5.41, 5.74) is 0.884. The molecule has 0 aliphatic carbocycles. The number of carbonyl (C=O) groups excluding carboxylic acids is 2. The fraction of sp³-hybridized carbons (Fsp3) is 0.111. The van der Waals surface area contributed by atoms with E-state index in [1.807, 2.05) is 6.07 Å². The van der Waals surface area contributed by atoms with Crippen LogP contribution < -0.4 is 15.4 Å². The van der Waals surface area contributed by atoms with Gasteiger partial charge in [-0.25, -0.2) is 0 Å². The summed E-state index contributed by atoms with van der Waals surface area (Å²) in [6, 6.07) is 15.0. The zero-order valence-electron chi connectivity index (χ0n) is 12.9. The van der Waals surface area contributed by atoms with Gasteiger partial charge < -0.3 is 20.5 Å². The smallest absolute Gasteiger partial charge is 0.264 e. The Bertz CT molecular complexity index is 815. The number of amides is 2. The van der Waals surface area contributed by atoms with Crippen molar-refractivity contribution in [1.82, 2.24) is 5.32 Å². The summed E-state index contributed by atoms with van der Waals surface area (Å²) < 4.78 is 5.09. The summed E-state index contributed by atoms with van der Waals surface area (Å²) in [6.45, 7) is 0. The van der Waals surface area contributed by atoms with E-state index in [0.717, 1.165) is 0 Å². The third-order valence-electron chi connectivity index (χ3n) is 3.72. The van der Waals surface area contributed by atoms with Gasteiger partial charge in [-0.2, -0.15) is 0 Å². The standard InChI is InChI=1S/C18H16N2O4/c1-24-13-9-5-8-12(10-13)19-17(22)14-16(21)15(20-18(14)23)11-6-3-2-4-7-11/h2-10,15,21H,1H3,(H,19,22)(H,20,23). The van der Waals surface area contributed by atoms with E-state index >= 15 is 0 Å². The molecule has 6 heteroatoms. The van der Waals surface area contributed by atoms with E-state index in [1.165, 1.54) is 7.11 Å². The second kappa shape index (κ2) is 6.45. The van der Waals surface area contributed by atoms with Gasteiger partial charge in [0.2, 0.25) is 0 Å². The first-order chi connectivity index (χ1) is 11.6. The summed E-state index contributed by atoms with van der Waals surface area (Å²) in [5, 5.41) is 15.5. The Morgan fingerprint density at radius 3 is 2.62 bits per heavy atom. The third kappa shape index (κ3) is 2.94. The minimum absolute atomic E-state index is 0.285. The Morgan fingerprint density at radius 1 is 1.17 bits per heavy atom. The van der Waals surface area contributed by atoms with Gasteiger partial charge in [-0.05, 0) is 17.7 Å². The molecule has 1 atom stereocenters. The molecule has 24 heavy (non-hydrogen) atoms. The van der Waals surface area contributed by atoms with Crippen LogP contribution in [-0.2, 0) is 9.59 Å². The van der Waals surface area contributed by atoms with Gasteiger partial charge in [-0.15, -0.1) is 0 Å². The predicted molar refractivity (Wildman–Crippen MR) is 88.6 cm³/mol. The number of benzene rings is 2. The second-order valence-electron chi connectivity index (χ2n) is 5.26. The van der Waals surface area contributed by atoms with Gasteiger partial charge in [0.25, 0.3) is 11.8 Å². The van der Waals surface area contributed by atoms with E-state index in [4.69, 9.17) is 4.74 Å². The summed E-state index contributed by atoms with van der Waals surface area (Å²) >= 11 is 0. The lowest BCUT2D eigenvalue weighted by Crippen LogP contribution is -2.26. The second-order valence-corrected chi connectivity index (χ2v) is 5.26. The van der Waals surface area contributed by atoms with Crippen LogP contribution in [0.25, 0.3) is 0 Å². The van der Waals surface area contributed by atoms with Gasteiger partial charge in [0.1, 0.15) is 23.1 Å². The molecule has 1 aliphatic heterocycles. The highest BCUT2D eigenvalue weighted by Gasteiger charge is 2.36. The lowest BCUT2D eigenvalue weighted by atomic mass is 10.1. The van der Waals surface area contributed by atoms with Gasteiger partial charge in [-0.3, -0.25) is 9.59 Å². The minimum Gasteiger partial charge on any atom is -0.509 e. The Hall–Kier alpha value is -3.28. The number of hydrogen-bond donors (Lipinski definition) is 3. The molecule has 0 fully saturated rings. The molecule has 0 bridgehead atoms. The zero-order valence-corrected chi connectivity index (χ0v) is 12.9. The normalized spacial score (nSPS) is 16.7. The maximum absolute atomic E-state index is 12.4. The monoisotopic (exact) mass is 324 g/mol. The van der Waals surface area contributed by atoms with Crippen LogP contribution in [0, 0.1) is 0 Å². The first-order valence-corrected chi connectivity index (χ1v) is 7.34. The average Bonchev–Trinajstić information content (AvgIpc) is 2.90. The first-order valence-electron chi connectivity index (χ1n) is 7.34. The van der Waals surface area contributed by atoms with Crippen molar-refractivity contribution in [2.75, 3.05) is 12.4 Å². The van der Waals surface area contributed by atoms with Crippen LogP contribution >= 0.6 is 0 Å². The lowest BCUT2D eigenvalue weighted by molar-refractivity contribution is -0.120. The van der Waals surface area contributed by atoms with E-state index in [9.17, 15) is 14.7 Å². The molecule has 0 aromatic heterocycles. The molecule has 1 aliphatic rings. The number of anilines is 1. The van der Waals surface area contributed by atoms with Crippen molar-refractivity contribution in [2.24, 2.45) is 0 Å². The van der Waals surface area contributed by atoms with Crippen molar-refractivity contribution in [3.8, 4) is 5.75 Å². The molecule has 1 heterocycles. The summed E-state index contributed by atoms with van der Waals surface area (Å²) in [7, 11) is 1.52. The van der Waals surface area contributed by atoms with E-state index in [1.54, 1.807) is 48.5 Å². The number of aliphatic hydroxyl groups is 1. The molecule has 6 nitrogen and oxygen atoms in total. The van der Waals surface area contributed by atoms with Crippen molar-refractivity contribution in [1.29, 1.82) is 0 Å². The fourth-order valence-electron chi connectivity index (χ4n) is 2.53. The maximum Gasteiger partial charge on any atom is 0.264 e. The van der Waals surface area contributed by atoms with E-state index < -0.39 is 17.9 Å². The van der Waals surface area contributed by atoms with Gasteiger partial charge in [0.15, 0.2) is 0 Å². The van der Waals surface area contributed by atoms with Crippen molar-refractivity contribution in [2.45, 2.75) is 6.04 Å². The SMILES string of the molecule is COc1cccc(NC(=O)C2=C(O)C(c3ccccc3)NC2=O)c1. The Kier molecular flexibility index (Phi) is 4.20. The topological polar surface area (TPSA) is 87.7 Å². The maximum atomic E-state index is 12.4. The average molecular weight is 324 g/mol. The largest absolute Gasteiger partial charge is 0.509 e. The van der Waals surface area contributed by atoms with Crippen LogP contribution in [0.4, 0.5) is 5.69 Å². The van der Waals surface area contributed by atoms with Crippen LogP contribution in [0.5, 0.6) is 5.75 Å². The van der Waals surface area contributed by atoms with E-state index in [2.05, 4.69) is 10.6 Å². The quantitative estimate of drug-likeness (QED) is 0.753. The molecule has 0 saturated heterocycles. The van der Waals surface area contributed by atoms with Gasteiger partial charge in [0, 0.05) is 11.8 Å². The molecular weight excluding hydrogens is 308 g/mol. The molecule has 3 N–H and O–H groups in total. The number of aliphatic hydroxyl groups excluding tert-OH is 1. The van der Waals surface area contributed by atoms with Gasteiger partial charge in [0.05, 0.1) is 7.11 Å². The minimum atomic E-state index is -0.718. The molecule has 0 saturated carbocycles. The van der Waals surface area contributed by atoms with Crippen LogP contribution in [0.15, 0.2) is 65.9 Å². The summed E-state index contributed by atoms with van der Waals surface area (Å²) in [6.07, 6.45) is 0. The van der Waals surface area contributed by atoms with Crippen LogP contribution in [0.2, 0.25) is 0 Å². The van der Waals surface area contributed by atoms with Crippen molar-refractivity contribution >= 4 is 17.5 Å². The molecule has 2 amide bonds. The van der Waals surface area contributed by atoms with E-state index in [0.29, 0.717) is 17.0 Å². The predicted octanol–water partition coefficient (Wildman–Crippen LogP) is 2.32. The molecule has 2 aromatic carbocycles. The Morgan fingerprint density at radius 2 is 1.92 bits per heavy atom. The third-order valence-corrected chi connectivity index (χ3v) is 3.72. The number of ether oxygens (including phenoxy) is 1. The number of methoxy groups -OCH3 is 1. The number of nitrogens with one attached hydrogen (secondary N) is 2. The highest BCUT2D eigenvalue weighted by Crippen LogP contribution is 2.29. The van der Waals surface area contributed by atoms with Crippen LogP contribution in [-0.4, -0.2) is 24.0 Å². The van der Waals surface area contributed by atoms with Crippen LogP contribution in [0.1, 0.15) is 11.6 Å². The molecule has 1 unspecified atom stereocenters. The molecule has 0 radical (unpaired) electrons. The molecule has 0 spiro atoms. The van der Waals surface area contributed by atoms with Crippen LogP contribution in [0.3, 0.4) is 0 Å². The molecular formula is C18H16N2O4. The van der Waals surface area contributed by atoms with Crippen molar-refractivity contribution < 1.29 is 19.4 Å². The Labute approximate surface area is 138 Å². The van der Waals surface area contributed by atoms with Crippen molar-refractivity contribution in [3.05, 3.63) is 71.5 Å². The zero-order chi connectivity index (χ0) is 17.1. The van der Waals surface area contributed by atoms with Gasteiger partial charge in [-0.1, -0.05) is 36.4 Å². The number of carbonyl (C=O) groups is 2. The first kappa shape index (κ1) is 15.6. The molecule has 3 rings (SSSR count). The van der Waals surface area contributed by atoms with E-state index in [-0.39, 0.29) is 11.3 Å². The molecule has 122 valence electrons.